The summed E-state index contributed by atoms with van der Waals surface area (Å²) in [6.45, 7) is 4.62. The molecule has 1 saturated carbocycles. The number of amides is 1. The predicted molar refractivity (Wildman–Crippen MR) is 76.6 cm³/mol. The lowest BCUT2D eigenvalue weighted by Crippen LogP contribution is -2.63. The molecule has 1 aliphatic carbocycles. The van der Waals surface area contributed by atoms with Crippen molar-refractivity contribution in [3.05, 3.63) is 16.1 Å². The molecule has 1 saturated heterocycles. The van der Waals surface area contributed by atoms with E-state index in [1.54, 1.807) is 5.51 Å². The Morgan fingerprint density at radius 3 is 2.89 bits per heavy atom. The molecule has 1 N–H and O–H groups in total. The number of hydrogen-bond acceptors (Lipinski definition) is 4. The van der Waals surface area contributed by atoms with Crippen LogP contribution in [0.15, 0.2) is 5.51 Å². The van der Waals surface area contributed by atoms with Crippen LogP contribution < -0.4 is 5.32 Å². The van der Waals surface area contributed by atoms with Crippen LogP contribution in [0.4, 0.5) is 0 Å². The molecule has 1 aliphatic heterocycles. The smallest absolute Gasteiger partial charge is 0.266 e. The molecule has 5 heteroatoms. The van der Waals surface area contributed by atoms with Gasteiger partial charge in [0.15, 0.2) is 0 Å². The van der Waals surface area contributed by atoms with E-state index in [-0.39, 0.29) is 11.4 Å². The molecule has 1 spiro atoms. The van der Waals surface area contributed by atoms with Gasteiger partial charge in [0.2, 0.25) is 0 Å². The van der Waals surface area contributed by atoms with Gasteiger partial charge < -0.3 is 10.2 Å². The number of hydrogen-bond donors (Lipinski definition) is 1. The van der Waals surface area contributed by atoms with Crippen LogP contribution in [0.3, 0.4) is 0 Å². The molecule has 0 atom stereocenters. The number of thiazole rings is 1. The number of carbonyl (C=O) groups excluding carboxylic acids is 1. The summed E-state index contributed by atoms with van der Waals surface area (Å²) in [5, 5.41) is 3.48. The third-order valence-electron chi connectivity index (χ3n) is 4.51. The zero-order valence-electron chi connectivity index (χ0n) is 11.4. The average Bonchev–Trinajstić information content (AvgIpc) is 2.86. The van der Waals surface area contributed by atoms with E-state index in [2.05, 4.69) is 15.2 Å². The van der Waals surface area contributed by atoms with Crippen LogP contribution in [0.2, 0.25) is 0 Å². The molecule has 0 aromatic carbocycles. The van der Waals surface area contributed by atoms with Gasteiger partial charge in [-0.3, -0.25) is 4.79 Å². The van der Waals surface area contributed by atoms with Crippen LogP contribution in [0.1, 0.15) is 47.5 Å². The van der Waals surface area contributed by atoms with Gasteiger partial charge in [0.05, 0.1) is 16.7 Å². The molecule has 4 nitrogen and oxygen atoms in total. The van der Waals surface area contributed by atoms with Crippen LogP contribution in [0, 0.1) is 6.92 Å². The minimum Gasteiger partial charge on any atom is -0.330 e. The highest BCUT2D eigenvalue weighted by Crippen LogP contribution is 2.36. The fourth-order valence-corrected chi connectivity index (χ4v) is 4.20. The van der Waals surface area contributed by atoms with Gasteiger partial charge in [-0.25, -0.2) is 4.98 Å². The Kier molecular flexibility index (Phi) is 3.58. The normalized spacial score (nSPS) is 22.7. The zero-order chi connectivity index (χ0) is 13.3. The highest BCUT2D eigenvalue weighted by molar-refractivity contribution is 7.11. The lowest BCUT2D eigenvalue weighted by atomic mass is 9.79. The Bertz CT molecular complexity index is 457. The number of rotatable bonds is 1. The first kappa shape index (κ1) is 13.1. The predicted octanol–water partition coefficient (Wildman–Crippen LogP) is 2.20. The number of aryl methyl sites for hydroxylation is 1. The fraction of sp³-hybridized carbons (Fsp3) is 0.714. The molecule has 0 bridgehead atoms. The monoisotopic (exact) mass is 279 g/mol. The van der Waals surface area contributed by atoms with Crippen LogP contribution in [0.5, 0.6) is 0 Å². The fourth-order valence-electron chi connectivity index (χ4n) is 3.45. The minimum atomic E-state index is 0.0595. The Morgan fingerprint density at radius 1 is 1.42 bits per heavy atom. The molecule has 19 heavy (non-hydrogen) atoms. The van der Waals surface area contributed by atoms with Gasteiger partial charge in [0, 0.05) is 19.6 Å². The SMILES string of the molecule is Cc1ncsc1C(=O)N1CCNCC12CCCCC2. The summed E-state index contributed by atoms with van der Waals surface area (Å²) in [5.41, 5.74) is 2.71. The highest BCUT2D eigenvalue weighted by Gasteiger charge is 2.42. The second kappa shape index (κ2) is 5.21. The molecule has 1 aromatic heterocycles. The summed E-state index contributed by atoms with van der Waals surface area (Å²) in [6.07, 6.45) is 6.08. The van der Waals surface area contributed by atoms with Gasteiger partial charge in [-0.05, 0) is 19.8 Å². The van der Waals surface area contributed by atoms with Crippen molar-refractivity contribution in [1.82, 2.24) is 15.2 Å². The summed E-state index contributed by atoms with van der Waals surface area (Å²) < 4.78 is 0. The van der Waals surface area contributed by atoms with E-state index >= 15 is 0 Å². The zero-order valence-corrected chi connectivity index (χ0v) is 12.3. The summed E-state index contributed by atoms with van der Waals surface area (Å²) in [5.74, 6) is 0.198. The Balaban J connectivity index is 1.88. The largest absolute Gasteiger partial charge is 0.330 e. The molecular weight excluding hydrogens is 258 g/mol. The third-order valence-corrected chi connectivity index (χ3v) is 5.42. The molecule has 2 heterocycles. The lowest BCUT2D eigenvalue weighted by molar-refractivity contribution is 0.0226. The maximum Gasteiger partial charge on any atom is 0.266 e. The summed E-state index contributed by atoms with van der Waals surface area (Å²) in [6, 6.07) is 0. The topological polar surface area (TPSA) is 45.2 Å². The van der Waals surface area contributed by atoms with Crippen LogP contribution in [-0.2, 0) is 0 Å². The molecule has 3 rings (SSSR count). The van der Waals surface area contributed by atoms with Gasteiger partial charge in [-0.2, -0.15) is 0 Å². The highest BCUT2D eigenvalue weighted by atomic mass is 32.1. The van der Waals surface area contributed by atoms with Gasteiger partial charge in [0.1, 0.15) is 4.88 Å². The minimum absolute atomic E-state index is 0.0595. The maximum absolute atomic E-state index is 12.8. The number of nitrogens with one attached hydrogen (secondary N) is 1. The molecule has 1 amide bonds. The van der Waals surface area contributed by atoms with Gasteiger partial charge in [-0.15, -0.1) is 11.3 Å². The second-order valence-electron chi connectivity index (χ2n) is 5.69. The van der Waals surface area contributed by atoms with Crippen LogP contribution in [-0.4, -0.2) is 41.0 Å². The Hall–Kier alpha value is -0.940. The maximum atomic E-state index is 12.8. The van der Waals surface area contributed by atoms with E-state index in [0.29, 0.717) is 0 Å². The van der Waals surface area contributed by atoms with Crippen molar-refractivity contribution in [2.45, 2.75) is 44.6 Å². The number of piperazine rings is 1. The first-order chi connectivity index (χ1) is 9.23. The van der Waals surface area contributed by atoms with Crippen LogP contribution in [0.25, 0.3) is 0 Å². The lowest BCUT2D eigenvalue weighted by Gasteiger charge is -2.49. The van der Waals surface area contributed by atoms with E-state index < -0.39 is 0 Å². The molecule has 0 unspecified atom stereocenters. The standard InChI is InChI=1S/C14H21N3OS/c1-11-12(19-10-16-11)13(18)17-8-7-15-9-14(17)5-3-2-4-6-14/h10,15H,2-9H2,1H3. The first-order valence-corrected chi connectivity index (χ1v) is 8.04. The van der Waals surface area contributed by atoms with Gasteiger partial charge >= 0.3 is 0 Å². The summed E-state index contributed by atoms with van der Waals surface area (Å²) >= 11 is 1.48. The molecule has 0 radical (unpaired) electrons. The van der Waals surface area contributed by atoms with Gasteiger partial charge in [0.25, 0.3) is 5.91 Å². The van der Waals surface area contributed by atoms with Crippen LogP contribution >= 0.6 is 11.3 Å². The van der Waals surface area contributed by atoms with Crippen molar-refractivity contribution in [1.29, 1.82) is 0 Å². The van der Waals surface area contributed by atoms with Gasteiger partial charge in [-0.1, -0.05) is 19.3 Å². The van der Waals surface area contributed by atoms with Crippen molar-refractivity contribution >= 4 is 17.2 Å². The van der Waals surface area contributed by atoms with E-state index in [1.807, 2.05) is 6.92 Å². The van der Waals surface area contributed by atoms with E-state index in [9.17, 15) is 4.79 Å². The Morgan fingerprint density at radius 2 is 2.21 bits per heavy atom. The molecule has 2 fully saturated rings. The van der Waals surface area contributed by atoms with Crippen molar-refractivity contribution in [3.63, 3.8) is 0 Å². The van der Waals surface area contributed by atoms with E-state index in [0.717, 1.165) is 43.0 Å². The van der Waals surface area contributed by atoms with E-state index in [1.165, 1.54) is 30.6 Å². The molecule has 104 valence electrons. The molecular formula is C14H21N3OS. The number of aromatic nitrogens is 1. The summed E-state index contributed by atoms with van der Waals surface area (Å²) in [7, 11) is 0. The Labute approximate surface area is 118 Å². The van der Waals surface area contributed by atoms with E-state index in [4.69, 9.17) is 0 Å². The second-order valence-corrected chi connectivity index (χ2v) is 6.54. The van der Waals surface area contributed by atoms with Crippen molar-refractivity contribution in [3.8, 4) is 0 Å². The van der Waals surface area contributed by atoms with Crippen molar-refractivity contribution in [2.24, 2.45) is 0 Å². The number of carbonyl (C=O) groups is 1. The van der Waals surface area contributed by atoms with Crippen molar-refractivity contribution < 1.29 is 4.79 Å². The van der Waals surface area contributed by atoms with Crippen molar-refractivity contribution in [2.75, 3.05) is 19.6 Å². The third kappa shape index (κ3) is 2.30. The molecule has 2 aliphatic rings. The number of nitrogens with zero attached hydrogens (tertiary/aromatic N) is 2. The average molecular weight is 279 g/mol. The quantitative estimate of drug-likeness (QED) is 0.857. The summed E-state index contributed by atoms with van der Waals surface area (Å²) in [4.78, 5) is 20.0. The molecule has 1 aromatic rings. The first-order valence-electron chi connectivity index (χ1n) is 7.16.